The first kappa shape index (κ1) is 23.0. The van der Waals surface area contributed by atoms with Crippen LogP contribution in [0.15, 0.2) is 53.4 Å². The van der Waals surface area contributed by atoms with Gasteiger partial charge in [0.15, 0.2) is 0 Å². The largest absolute Gasteiger partial charge is 0.492 e. The lowest BCUT2D eigenvalue weighted by atomic mass is 10.2. The quantitative estimate of drug-likeness (QED) is 0.429. The molecule has 2 aromatic rings. The fraction of sp³-hybridized carbons (Fsp3) is 0.350. The van der Waals surface area contributed by atoms with E-state index in [1.807, 2.05) is 18.4 Å². The van der Waals surface area contributed by atoms with Crippen molar-refractivity contribution in [2.45, 2.75) is 17.7 Å². The summed E-state index contributed by atoms with van der Waals surface area (Å²) in [5, 5.41) is 2.73. The van der Waals surface area contributed by atoms with Crippen molar-refractivity contribution in [2.75, 3.05) is 36.5 Å². The van der Waals surface area contributed by atoms with Gasteiger partial charge in [-0.1, -0.05) is 12.1 Å². The first-order chi connectivity index (χ1) is 13.8. The van der Waals surface area contributed by atoms with E-state index in [9.17, 15) is 17.6 Å². The molecule has 0 bridgehead atoms. The van der Waals surface area contributed by atoms with E-state index in [0.717, 1.165) is 11.2 Å². The topological polar surface area (TPSA) is 75.7 Å². The van der Waals surface area contributed by atoms with Gasteiger partial charge in [-0.25, -0.2) is 12.8 Å². The van der Waals surface area contributed by atoms with Gasteiger partial charge in [-0.15, -0.1) is 11.8 Å². The first-order valence-corrected chi connectivity index (χ1v) is 12.1. The van der Waals surface area contributed by atoms with Crippen LogP contribution in [0.1, 0.15) is 12.8 Å². The Morgan fingerprint density at radius 1 is 1.17 bits per heavy atom. The van der Waals surface area contributed by atoms with Gasteiger partial charge in [-0.3, -0.25) is 9.10 Å². The number of benzene rings is 2. The van der Waals surface area contributed by atoms with Gasteiger partial charge in [-0.05, 0) is 49.1 Å². The number of carbonyl (C=O) groups excluding carboxylic acids is 1. The number of ether oxygens (including phenoxy) is 1. The van der Waals surface area contributed by atoms with Crippen LogP contribution in [0.3, 0.4) is 0 Å². The Morgan fingerprint density at radius 3 is 2.52 bits per heavy atom. The summed E-state index contributed by atoms with van der Waals surface area (Å²) in [5.74, 6) is 0.00477. The first-order valence-electron chi connectivity index (χ1n) is 9.07. The lowest BCUT2D eigenvalue weighted by Gasteiger charge is -2.24. The van der Waals surface area contributed by atoms with Gasteiger partial charge < -0.3 is 10.1 Å². The van der Waals surface area contributed by atoms with E-state index in [-0.39, 0.29) is 31.3 Å². The number of hydrogen-bond donors (Lipinski definition) is 1. The van der Waals surface area contributed by atoms with Gasteiger partial charge in [0.05, 0.1) is 18.5 Å². The fourth-order valence-corrected chi connectivity index (χ4v) is 4.30. The molecule has 1 N–H and O–H groups in total. The summed E-state index contributed by atoms with van der Waals surface area (Å²) in [5.41, 5.74) is 0.621. The highest BCUT2D eigenvalue weighted by molar-refractivity contribution is 7.99. The van der Waals surface area contributed by atoms with Crippen molar-refractivity contribution in [1.82, 2.24) is 5.32 Å². The second kappa shape index (κ2) is 11.1. The molecular weight excluding hydrogens is 415 g/mol. The van der Waals surface area contributed by atoms with Crippen LogP contribution in [-0.2, 0) is 14.8 Å². The number of carbonyl (C=O) groups is 1. The third-order valence-corrected chi connectivity index (χ3v) is 5.99. The van der Waals surface area contributed by atoms with Crippen LogP contribution in [0.2, 0.25) is 0 Å². The average Bonchev–Trinajstić information content (AvgIpc) is 2.69. The van der Waals surface area contributed by atoms with E-state index >= 15 is 0 Å². The molecule has 0 aliphatic heterocycles. The molecule has 2 rings (SSSR count). The zero-order valence-corrected chi connectivity index (χ0v) is 18.1. The number of rotatable bonds is 11. The van der Waals surface area contributed by atoms with E-state index in [1.54, 1.807) is 12.1 Å². The predicted octanol–water partition coefficient (Wildman–Crippen LogP) is 3.29. The molecule has 0 saturated heterocycles. The number of hydrogen-bond acceptors (Lipinski definition) is 5. The molecule has 0 fully saturated rings. The van der Waals surface area contributed by atoms with E-state index in [1.165, 1.54) is 40.3 Å². The Hall–Kier alpha value is -2.26. The van der Waals surface area contributed by atoms with Crippen molar-refractivity contribution in [3.63, 3.8) is 0 Å². The van der Waals surface area contributed by atoms with Crippen LogP contribution >= 0.6 is 11.8 Å². The van der Waals surface area contributed by atoms with Gasteiger partial charge in [0, 0.05) is 17.9 Å². The Balaban J connectivity index is 1.78. The highest BCUT2D eigenvalue weighted by atomic mass is 32.2. The summed E-state index contributed by atoms with van der Waals surface area (Å²) in [4.78, 5) is 12.9. The molecule has 0 radical (unpaired) electrons. The van der Waals surface area contributed by atoms with Crippen LogP contribution in [0.4, 0.5) is 10.1 Å². The molecule has 0 aromatic heterocycles. The third kappa shape index (κ3) is 7.58. The van der Waals surface area contributed by atoms with Crippen LogP contribution in [0, 0.1) is 5.82 Å². The number of thioether (sulfide) groups is 1. The molecule has 0 spiro atoms. The van der Waals surface area contributed by atoms with Crippen molar-refractivity contribution in [2.24, 2.45) is 0 Å². The van der Waals surface area contributed by atoms with E-state index in [2.05, 4.69) is 5.32 Å². The van der Waals surface area contributed by atoms with Gasteiger partial charge in [0.25, 0.3) is 0 Å². The minimum absolute atomic E-state index is 0.181. The summed E-state index contributed by atoms with van der Waals surface area (Å²) in [7, 11) is -3.46. The molecule has 2 aromatic carbocycles. The molecule has 0 atom stereocenters. The molecule has 6 nitrogen and oxygen atoms in total. The molecule has 29 heavy (non-hydrogen) atoms. The SMILES string of the molecule is CSc1ccccc1N(CCCC(=O)NCCOc1ccc(F)cc1)S(C)(=O)=O. The van der Waals surface area contributed by atoms with Gasteiger partial charge >= 0.3 is 0 Å². The lowest BCUT2D eigenvalue weighted by Crippen LogP contribution is -2.33. The summed E-state index contributed by atoms with van der Waals surface area (Å²) >= 11 is 1.47. The zero-order chi connectivity index (χ0) is 21.3. The van der Waals surface area contributed by atoms with E-state index in [4.69, 9.17) is 4.74 Å². The molecular formula is C20H25FN2O4S2. The Labute approximate surface area is 175 Å². The minimum atomic E-state index is -3.46. The molecule has 0 aliphatic rings. The summed E-state index contributed by atoms with van der Waals surface area (Å²) in [6.45, 7) is 0.783. The maximum absolute atomic E-state index is 12.8. The molecule has 0 saturated carbocycles. The molecule has 0 heterocycles. The summed E-state index contributed by atoms with van der Waals surface area (Å²) in [6, 6.07) is 12.9. The average molecular weight is 441 g/mol. The zero-order valence-electron chi connectivity index (χ0n) is 16.4. The van der Waals surface area contributed by atoms with E-state index in [0.29, 0.717) is 24.4 Å². The van der Waals surface area contributed by atoms with Crippen molar-refractivity contribution in [1.29, 1.82) is 0 Å². The van der Waals surface area contributed by atoms with Crippen molar-refractivity contribution >= 4 is 33.4 Å². The number of nitrogens with one attached hydrogen (secondary N) is 1. The summed E-state index contributed by atoms with van der Waals surface area (Å²) in [6.07, 6.45) is 3.64. The second-order valence-corrected chi connectivity index (χ2v) is 9.02. The smallest absolute Gasteiger partial charge is 0.232 e. The molecule has 158 valence electrons. The predicted molar refractivity (Wildman–Crippen MR) is 115 cm³/mol. The fourth-order valence-electron chi connectivity index (χ4n) is 2.66. The molecule has 0 unspecified atom stereocenters. The highest BCUT2D eigenvalue weighted by Gasteiger charge is 2.20. The minimum Gasteiger partial charge on any atom is -0.492 e. The number of sulfonamides is 1. The van der Waals surface area contributed by atoms with Crippen molar-refractivity contribution < 1.29 is 22.3 Å². The summed E-state index contributed by atoms with van der Waals surface area (Å²) < 4.78 is 44.0. The van der Waals surface area contributed by atoms with Crippen LogP contribution in [0.25, 0.3) is 0 Å². The Bertz CT molecular complexity index is 905. The third-order valence-electron chi connectivity index (χ3n) is 4.03. The Kier molecular flexibility index (Phi) is 8.78. The normalized spacial score (nSPS) is 11.1. The van der Waals surface area contributed by atoms with Crippen molar-refractivity contribution in [3.05, 3.63) is 54.3 Å². The van der Waals surface area contributed by atoms with Gasteiger partial charge in [0.1, 0.15) is 18.2 Å². The molecule has 1 amide bonds. The monoisotopic (exact) mass is 440 g/mol. The van der Waals surface area contributed by atoms with Crippen LogP contribution < -0.4 is 14.4 Å². The lowest BCUT2D eigenvalue weighted by molar-refractivity contribution is -0.121. The van der Waals surface area contributed by atoms with E-state index < -0.39 is 10.0 Å². The number of nitrogens with zero attached hydrogens (tertiary/aromatic N) is 1. The van der Waals surface area contributed by atoms with Crippen LogP contribution in [0.5, 0.6) is 5.75 Å². The van der Waals surface area contributed by atoms with Gasteiger partial charge in [-0.2, -0.15) is 0 Å². The maximum atomic E-state index is 12.8. The number of halogens is 1. The Morgan fingerprint density at radius 2 is 1.86 bits per heavy atom. The number of para-hydroxylation sites is 1. The number of anilines is 1. The highest BCUT2D eigenvalue weighted by Crippen LogP contribution is 2.30. The van der Waals surface area contributed by atoms with Gasteiger partial charge in [0.2, 0.25) is 15.9 Å². The molecule has 9 heteroatoms. The van der Waals surface area contributed by atoms with Crippen LogP contribution in [-0.4, -0.2) is 46.5 Å². The molecule has 0 aliphatic carbocycles. The number of amides is 1. The standard InChI is InChI=1S/C20H25FN2O4S2/c1-28-19-7-4-3-6-18(19)23(29(2,25)26)14-5-8-20(24)22-13-15-27-17-11-9-16(21)10-12-17/h3-4,6-7,9-12H,5,8,13-15H2,1-2H3,(H,22,24). The van der Waals surface area contributed by atoms with Crippen molar-refractivity contribution in [3.8, 4) is 5.75 Å². The maximum Gasteiger partial charge on any atom is 0.232 e. The second-order valence-electron chi connectivity index (χ2n) is 6.26.